The third-order valence-corrected chi connectivity index (χ3v) is 7.47. The van der Waals surface area contributed by atoms with Gasteiger partial charge in [0.15, 0.2) is 0 Å². The molecule has 2 fully saturated rings. The molecule has 144 valence electrons. The lowest BCUT2D eigenvalue weighted by atomic mass is 10.0. The van der Waals surface area contributed by atoms with Gasteiger partial charge in [-0.15, -0.1) is 0 Å². The predicted molar refractivity (Wildman–Crippen MR) is 115 cm³/mol. The lowest BCUT2D eigenvalue weighted by Crippen LogP contribution is -2.36. The first-order valence-corrected chi connectivity index (χ1v) is 11.3. The highest BCUT2D eigenvalue weighted by Gasteiger charge is 2.42. The molecule has 0 saturated carbocycles. The number of halogens is 1. The van der Waals surface area contributed by atoms with Gasteiger partial charge in [-0.05, 0) is 53.1 Å². The van der Waals surface area contributed by atoms with Crippen LogP contribution in [0.15, 0.2) is 18.2 Å². The largest absolute Gasteiger partial charge is 0.352 e. The van der Waals surface area contributed by atoms with Crippen molar-refractivity contribution >= 4 is 57.2 Å². The SMILES string of the molecule is O=C(CCCC[C@@H]1SC[C@@H]2NC(=O)N[C@@H]21)NCc1ccc2c(I)[nH]nc2c1. The predicted octanol–water partition coefficient (Wildman–Crippen LogP) is 2.51. The number of nitrogens with zero attached hydrogens (tertiary/aromatic N) is 1. The summed E-state index contributed by atoms with van der Waals surface area (Å²) in [5.41, 5.74) is 1.98. The number of aromatic amines is 1. The summed E-state index contributed by atoms with van der Waals surface area (Å²) >= 11 is 4.14. The zero-order valence-corrected chi connectivity index (χ0v) is 17.7. The zero-order chi connectivity index (χ0) is 18.8. The minimum atomic E-state index is -0.0441. The van der Waals surface area contributed by atoms with Crippen LogP contribution in [-0.4, -0.2) is 45.2 Å². The number of urea groups is 1. The molecule has 3 atom stereocenters. The Morgan fingerprint density at radius 3 is 3.11 bits per heavy atom. The van der Waals surface area contributed by atoms with Crippen LogP contribution in [-0.2, 0) is 11.3 Å². The van der Waals surface area contributed by atoms with Gasteiger partial charge in [0, 0.05) is 29.4 Å². The molecule has 3 heterocycles. The Kier molecular flexibility index (Phi) is 5.76. The van der Waals surface area contributed by atoms with E-state index < -0.39 is 0 Å². The van der Waals surface area contributed by atoms with E-state index in [2.05, 4.69) is 48.7 Å². The highest BCUT2D eigenvalue weighted by molar-refractivity contribution is 14.1. The van der Waals surface area contributed by atoms with Crippen molar-refractivity contribution in [3.05, 3.63) is 27.5 Å². The summed E-state index contributed by atoms with van der Waals surface area (Å²) < 4.78 is 1.03. The van der Waals surface area contributed by atoms with Crippen molar-refractivity contribution in [3.63, 3.8) is 0 Å². The van der Waals surface area contributed by atoms with E-state index >= 15 is 0 Å². The quantitative estimate of drug-likeness (QED) is 0.267. The highest BCUT2D eigenvalue weighted by Crippen LogP contribution is 2.33. The van der Waals surface area contributed by atoms with Gasteiger partial charge in [-0.25, -0.2) is 4.79 Å². The molecule has 3 amide bonds. The molecular formula is C18H22IN5O2S. The van der Waals surface area contributed by atoms with Gasteiger partial charge >= 0.3 is 6.03 Å². The maximum Gasteiger partial charge on any atom is 0.315 e. The summed E-state index contributed by atoms with van der Waals surface area (Å²) in [5, 5.41) is 17.7. The Morgan fingerprint density at radius 1 is 1.33 bits per heavy atom. The molecule has 1 aromatic heterocycles. The van der Waals surface area contributed by atoms with Crippen molar-refractivity contribution in [2.24, 2.45) is 0 Å². The molecule has 0 bridgehead atoms. The van der Waals surface area contributed by atoms with Crippen molar-refractivity contribution in [2.45, 2.75) is 49.6 Å². The van der Waals surface area contributed by atoms with Crippen LogP contribution in [0.3, 0.4) is 0 Å². The first kappa shape index (κ1) is 18.9. The molecule has 2 aromatic rings. The van der Waals surface area contributed by atoms with Crippen LogP contribution in [0.1, 0.15) is 31.2 Å². The molecule has 7 nitrogen and oxygen atoms in total. The summed E-state index contributed by atoms with van der Waals surface area (Å²) in [6, 6.07) is 6.54. The van der Waals surface area contributed by atoms with E-state index in [4.69, 9.17) is 0 Å². The van der Waals surface area contributed by atoms with Gasteiger partial charge in [0.05, 0.1) is 17.6 Å². The van der Waals surface area contributed by atoms with E-state index in [-0.39, 0.29) is 24.0 Å². The summed E-state index contributed by atoms with van der Waals surface area (Å²) in [4.78, 5) is 23.5. The number of nitrogens with one attached hydrogen (secondary N) is 4. The molecule has 27 heavy (non-hydrogen) atoms. The van der Waals surface area contributed by atoms with Crippen molar-refractivity contribution < 1.29 is 9.59 Å². The number of H-pyrrole nitrogens is 1. The third-order valence-electron chi connectivity index (χ3n) is 5.14. The average molecular weight is 499 g/mol. The van der Waals surface area contributed by atoms with Crippen LogP contribution < -0.4 is 16.0 Å². The van der Waals surface area contributed by atoms with E-state index in [1.165, 1.54) is 0 Å². The summed E-state index contributed by atoms with van der Waals surface area (Å²) in [5.74, 6) is 1.06. The number of carbonyl (C=O) groups is 2. The van der Waals surface area contributed by atoms with E-state index in [0.29, 0.717) is 18.2 Å². The molecular weight excluding hydrogens is 477 g/mol. The van der Waals surface area contributed by atoms with E-state index in [1.54, 1.807) is 0 Å². The van der Waals surface area contributed by atoms with Gasteiger partial charge < -0.3 is 16.0 Å². The van der Waals surface area contributed by atoms with Gasteiger partial charge in [-0.2, -0.15) is 16.9 Å². The minimum absolute atomic E-state index is 0.0441. The van der Waals surface area contributed by atoms with E-state index in [1.807, 2.05) is 30.0 Å². The number of hydrogen-bond acceptors (Lipinski definition) is 4. The molecule has 4 rings (SSSR count). The standard InChI is InChI=1S/C18H22IN5O2S/c19-17-11-6-5-10(7-12(11)23-24-17)8-20-15(25)4-2-1-3-14-16-13(9-27-14)21-18(26)22-16/h5-7,13-14,16H,1-4,8-9H2,(H,20,25)(H,23,24)(H2,21,22,26)/t13-,14-,16-/m0/s1. The first-order valence-electron chi connectivity index (χ1n) is 9.18. The normalized spacial score (nSPS) is 23.9. The van der Waals surface area contributed by atoms with Crippen LogP contribution in [0.5, 0.6) is 0 Å². The summed E-state index contributed by atoms with van der Waals surface area (Å²) in [6.45, 7) is 0.526. The number of hydrogen-bond donors (Lipinski definition) is 4. The second-order valence-corrected chi connectivity index (χ2v) is 9.38. The van der Waals surface area contributed by atoms with E-state index in [0.717, 1.165) is 45.2 Å². The smallest absolute Gasteiger partial charge is 0.315 e. The molecule has 9 heteroatoms. The number of benzene rings is 1. The van der Waals surface area contributed by atoms with Crippen LogP contribution >= 0.6 is 34.4 Å². The van der Waals surface area contributed by atoms with Crippen molar-refractivity contribution in [1.29, 1.82) is 0 Å². The molecule has 0 radical (unpaired) electrons. The molecule has 4 N–H and O–H groups in total. The Morgan fingerprint density at radius 2 is 2.22 bits per heavy atom. The van der Waals surface area contributed by atoms with Gasteiger partial charge in [0.2, 0.25) is 5.91 Å². The fourth-order valence-corrected chi connectivity index (χ4v) is 5.82. The van der Waals surface area contributed by atoms with Crippen LogP contribution in [0.4, 0.5) is 4.79 Å². The summed E-state index contributed by atoms with van der Waals surface area (Å²) in [6.07, 6.45) is 3.45. The van der Waals surface area contributed by atoms with Gasteiger partial charge in [0.1, 0.15) is 3.70 Å². The van der Waals surface area contributed by atoms with Crippen molar-refractivity contribution in [3.8, 4) is 0 Å². The topological polar surface area (TPSA) is 98.9 Å². The Bertz CT molecular complexity index is 857. The van der Waals surface area contributed by atoms with Crippen LogP contribution in [0.2, 0.25) is 0 Å². The highest BCUT2D eigenvalue weighted by atomic mass is 127. The Labute approximate surface area is 175 Å². The second-order valence-electron chi connectivity index (χ2n) is 7.03. The van der Waals surface area contributed by atoms with Gasteiger partial charge in [-0.1, -0.05) is 12.5 Å². The second kappa shape index (κ2) is 8.26. The Balaban J connectivity index is 1.16. The molecule has 2 saturated heterocycles. The molecule has 1 aromatic carbocycles. The number of rotatable bonds is 7. The van der Waals surface area contributed by atoms with Crippen LogP contribution in [0.25, 0.3) is 10.9 Å². The Hall–Kier alpha value is -1.49. The van der Waals surface area contributed by atoms with E-state index in [9.17, 15) is 9.59 Å². The molecule has 0 unspecified atom stereocenters. The minimum Gasteiger partial charge on any atom is -0.352 e. The van der Waals surface area contributed by atoms with Gasteiger partial charge in [-0.3, -0.25) is 9.89 Å². The number of fused-ring (bicyclic) bond motifs is 2. The molecule has 2 aliphatic heterocycles. The number of thioether (sulfide) groups is 1. The number of unbranched alkanes of at least 4 members (excludes halogenated alkanes) is 1. The number of amides is 3. The lowest BCUT2D eigenvalue weighted by molar-refractivity contribution is -0.121. The molecule has 0 aliphatic carbocycles. The maximum atomic E-state index is 12.1. The number of aromatic nitrogens is 2. The first-order chi connectivity index (χ1) is 13.1. The monoisotopic (exact) mass is 499 g/mol. The van der Waals surface area contributed by atoms with Crippen molar-refractivity contribution in [2.75, 3.05) is 5.75 Å². The number of carbonyl (C=O) groups excluding carboxylic acids is 2. The average Bonchev–Trinajstić information content (AvgIpc) is 3.32. The maximum absolute atomic E-state index is 12.1. The van der Waals surface area contributed by atoms with Crippen LogP contribution in [0, 0.1) is 3.70 Å². The lowest BCUT2D eigenvalue weighted by Gasteiger charge is -2.16. The summed E-state index contributed by atoms with van der Waals surface area (Å²) in [7, 11) is 0. The van der Waals surface area contributed by atoms with Crippen molar-refractivity contribution in [1.82, 2.24) is 26.1 Å². The third kappa shape index (κ3) is 4.34. The fourth-order valence-electron chi connectivity index (χ4n) is 3.70. The molecule has 2 aliphatic rings. The van der Waals surface area contributed by atoms with Gasteiger partial charge in [0.25, 0.3) is 0 Å². The fraction of sp³-hybridized carbons (Fsp3) is 0.500. The zero-order valence-electron chi connectivity index (χ0n) is 14.8. The molecule has 0 spiro atoms.